The van der Waals surface area contributed by atoms with Gasteiger partial charge in [0.05, 0.1) is 0 Å². The molecule has 1 rings (SSSR count). The lowest BCUT2D eigenvalue weighted by atomic mass is 9.77. The van der Waals surface area contributed by atoms with Crippen molar-refractivity contribution in [3.05, 3.63) is 10.1 Å². The Bertz CT molecular complexity index is 292. The lowest BCUT2D eigenvalue weighted by molar-refractivity contribution is -0.493. The average Bonchev–Trinajstić information content (AvgIpc) is 1.95. The molecule has 0 aliphatic heterocycles. The molecule has 0 spiro atoms. The quantitative estimate of drug-likeness (QED) is 0.591. The Morgan fingerprint density at radius 2 is 2.06 bits per heavy atom. The van der Waals surface area contributed by atoms with E-state index in [2.05, 4.69) is 5.32 Å². The summed E-state index contributed by atoms with van der Waals surface area (Å²) in [5.74, 6) is 0. The van der Waals surface area contributed by atoms with E-state index in [1.54, 1.807) is 20.8 Å². The van der Waals surface area contributed by atoms with E-state index in [9.17, 15) is 14.9 Å². The number of alkyl carbamates (subject to hydrolysis) is 1. The molecule has 1 aliphatic carbocycles. The van der Waals surface area contributed by atoms with Gasteiger partial charge in [0.25, 0.3) is 0 Å². The van der Waals surface area contributed by atoms with E-state index in [0.29, 0.717) is 12.8 Å². The van der Waals surface area contributed by atoms with Crippen molar-refractivity contribution >= 4 is 6.09 Å². The van der Waals surface area contributed by atoms with Gasteiger partial charge in [0.1, 0.15) is 11.1 Å². The maximum Gasteiger partial charge on any atom is 0.408 e. The van der Waals surface area contributed by atoms with Crippen LogP contribution in [-0.4, -0.2) is 28.7 Å². The molecule has 0 heterocycles. The molecule has 0 bridgehead atoms. The molecular weight excluding hydrogens is 212 g/mol. The van der Waals surface area contributed by atoms with E-state index in [-0.39, 0.29) is 6.54 Å². The highest BCUT2D eigenvalue weighted by atomic mass is 16.6. The Morgan fingerprint density at radius 3 is 2.38 bits per heavy atom. The Kier molecular flexibility index (Phi) is 3.40. The Morgan fingerprint density at radius 1 is 1.50 bits per heavy atom. The van der Waals surface area contributed by atoms with Gasteiger partial charge in [0.15, 0.2) is 0 Å². The molecule has 6 nitrogen and oxygen atoms in total. The van der Waals surface area contributed by atoms with Gasteiger partial charge in [-0.1, -0.05) is 0 Å². The van der Waals surface area contributed by atoms with Crippen LogP contribution in [0.15, 0.2) is 0 Å². The number of nitrogens with one attached hydrogen (secondary N) is 1. The number of hydrogen-bond acceptors (Lipinski definition) is 4. The van der Waals surface area contributed by atoms with Crippen molar-refractivity contribution in [2.75, 3.05) is 6.54 Å². The molecule has 0 aromatic rings. The highest BCUT2D eigenvalue weighted by Crippen LogP contribution is 2.32. The summed E-state index contributed by atoms with van der Waals surface area (Å²) in [7, 11) is 0. The smallest absolute Gasteiger partial charge is 0.408 e. The van der Waals surface area contributed by atoms with Gasteiger partial charge >= 0.3 is 6.09 Å². The largest absolute Gasteiger partial charge is 0.444 e. The lowest BCUT2D eigenvalue weighted by Gasteiger charge is -2.39. The molecule has 0 radical (unpaired) electrons. The van der Waals surface area contributed by atoms with Crippen LogP contribution in [0.25, 0.3) is 0 Å². The number of nitrogens with zero attached hydrogens (tertiary/aromatic N) is 1. The van der Waals surface area contributed by atoms with Gasteiger partial charge in [0, 0.05) is 4.92 Å². The molecule has 6 heteroatoms. The summed E-state index contributed by atoms with van der Waals surface area (Å²) in [5, 5.41) is 13.1. The standard InChI is InChI=1S/C10H18N2O4/c1-9(2,3)16-8(13)11-10(5-4-6-10)7-12(14)15/h4-7H2,1-3H3,(H,11,13). The van der Waals surface area contributed by atoms with E-state index in [1.807, 2.05) is 0 Å². The molecule has 0 aromatic heterocycles. The Hall–Kier alpha value is -1.33. The third kappa shape index (κ3) is 3.67. The molecule has 0 unspecified atom stereocenters. The molecule has 0 aromatic carbocycles. The molecule has 0 saturated heterocycles. The van der Waals surface area contributed by atoms with E-state index in [1.165, 1.54) is 0 Å². The summed E-state index contributed by atoms with van der Waals surface area (Å²) < 4.78 is 5.08. The fraction of sp³-hybridized carbons (Fsp3) is 0.900. The monoisotopic (exact) mass is 230 g/mol. The highest BCUT2D eigenvalue weighted by Gasteiger charge is 2.44. The minimum absolute atomic E-state index is 0.230. The van der Waals surface area contributed by atoms with Crippen molar-refractivity contribution in [3.63, 3.8) is 0 Å². The molecule has 1 aliphatic rings. The average molecular weight is 230 g/mol. The van der Waals surface area contributed by atoms with Crippen LogP contribution in [0.5, 0.6) is 0 Å². The van der Waals surface area contributed by atoms with E-state index in [4.69, 9.17) is 4.74 Å². The van der Waals surface area contributed by atoms with Gasteiger partial charge in [-0.05, 0) is 40.0 Å². The van der Waals surface area contributed by atoms with Gasteiger partial charge in [-0.3, -0.25) is 10.1 Å². The zero-order valence-corrected chi connectivity index (χ0v) is 9.91. The van der Waals surface area contributed by atoms with Crippen LogP contribution < -0.4 is 5.32 Å². The molecule has 92 valence electrons. The zero-order chi connectivity index (χ0) is 12.4. The van der Waals surface area contributed by atoms with Crippen LogP contribution in [0.2, 0.25) is 0 Å². The van der Waals surface area contributed by atoms with Crippen LogP contribution in [0.3, 0.4) is 0 Å². The van der Waals surface area contributed by atoms with Gasteiger partial charge < -0.3 is 10.1 Å². The van der Waals surface area contributed by atoms with Gasteiger partial charge in [-0.2, -0.15) is 0 Å². The summed E-state index contributed by atoms with van der Waals surface area (Å²) >= 11 is 0. The molecule has 1 N–H and O–H groups in total. The topological polar surface area (TPSA) is 81.5 Å². The second kappa shape index (κ2) is 4.27. The number of carbonyl (C=O) groups excluding carboxylic acids is 1. The Labute approximate surface area is 94.5 Å². The Balaban J connectivity index is 2.50. The minimum Gasteiger partial charge on any atom is -0.444 e. The highest BCUT2D eigenvalue weighted by molar-refractivity contribution is 5.69. The number of rotatable bonds is 3. The van der Waals surface area contributed by atoms with Gasteiger partial charge in [-0.25, -0.2) is 4.79 Å². The van der Waals surface area contributed by atoms with Crippen molar-refractivity contribution in [2.24, 2.45) is 0 Å². The molecule has 1 saturated carbocycles. The maximum atomic E-state index is 11.5. The third-order valence-electron chi connectivity index (χ3n) is 2.51. The van der Waals surface area contributed by atoms with Crippen molar-refractivity contribution in [2.45, 2.75) is 51.2 Å². The number of ether oxygens (including phenoxy) is 1. The van der Waals surface area contributed by atoms with Crippen molar-refractivity contribution in [1.82, 2.24) is 5.32 Å². The third-order valence-corrected chi connectivity index (χ3v) is 2.51. The van der Waals surface area contributed by atoms with Crippen molar-refractivity contribution in [1.29, 1.82) is 0 Å². The molecule has 0 atom stereocenters. The summed E-state index contributed by atoms with van der Waals surface area (Å²) in [6.45, 7) is 5.04. The van der Waals surface area contributed by atoms with Crippen LogP contribution in [0.4, 0.5) is 4.79 Å². The number of amides is 1. The van der Waals surface area contributed by atoms with E-state index >= 15 is 0 Å². The summed E-state index contributed by atoms with van der Waals surface area (Å²) in [6.07, 6.45) is 1.62. The summed E-state index contributed by atoms with van der Waals surface area (Å²) in [5.41, 5.74) is -1.27. The SMILES string of the molecule is CC(C)(C)OC(=O)NC1(C[N+](=O)[O-])CCC1. The van der Waals surface area contributed by atoms with Crippen LogP contribution in [0, 0.1) is 10.1 Å². The number of carbonyl (C=O) groups is 1. The number of hydrogen-bond donors (Lipinski definition) is 1. The predicted molar refractivity (Wildman–Crippen MR) is 57.8 cm³/mol. The van der Waals surface area contributed by atoms with Crippen LogP contribution in [-0.2, 0) is 4.74 Å². The second-order valence-electron chi connectivity index (χ2n) is 5.25. The van der Waals surface area contributed by atoms with E-state index < -0.39 is 22.2 Å². The summed E-state index contributed by atoms with van der Waals surface area (Å²) in [6, 6.07) is 0. The predicted octanol–water partition coefficient (Wildman–Crippen LogP) is 1.71. The van der Waals surface area contributed by atoms with Crippen molar-refractivity contribution < 1.29 is 14.5 Å². The first kappa shape index (κ1) is 12.7. The van der Waals surface area contributed by atoms with Crippen molar-refractivity contribution in [3.8, 4) is 0 Å². The lowest BCUT2D eigenvalue weighted by Crippen LogP contribution is -2.58. The summed E-state index contributed by atoms with van der Waals surface area (Å²) in [4.78, 5) is 21.6. The molecule has 16 heavy (non-hydrogen) atoms. The molecule has 1 amide bonds. The van der Waals surface area contributed by atoms with Crippen LogP contribution in [0.1, 0.15) is 40.0 Å². The maximum absolute atomic E-state index is 11.5. The van der Waals surface area contributed by atoms with Gasteiger partial charge in [0.2, 0.25) is 6.54 Å². The second-order valence-corrected chi connectivity index (χ2v) is 5.25. The fourth-order valence-electron chi connectivity index (χ4n) is 1.69. The first-order chi connectivity index (χ1) is 7.22. The molecular formula is C10H18N2O4. The van der Waals surface area contributed by atoms with E-state index in [0.717, 1.165) is 6.42 Å². The van der Waals surface area contributed by atoms with Crippen LogP contribution >= 0.6 is 0 Å². The normalized spacial score (nSPS) is 18.4. The number of nitro groups is 1. The molecule has 1 fully saturated rings. The first-order valence-corrected chi connectivity index (χ1v) is 5.35. The minimum atomic E-state index is -0.689. The zero-order valence-electron chi connectivity index (χ0n) is 9.91. The fourth-order valence-corrected chi connectivity index (χ4v) is 1.69. The first-order valence-electron chi connectivity index (χ1n) is 5.35. The van der Waals surface area contributed by atoms with Gasteiger partial charge in [-0.15, -0.1) is 0 Å².